The Morgan fingerprint density at radius 1 is 0.377 bits per heavy atom. The van der Waals surface area contributed by atoms with Crippen LogP contribution in [0, 0.1) is 0 Å². The molecule has 0 saturated carbocycles. The lowest BCUT2D eigenvalue weighted by atomic mass is 9.96. The molecule has 0 amide bonds. The normalized spacial score (nSPS) is 14.0. The van der Waals surface area contributed by atoms with E-state index in [-0.39, 0.29) is 22.3 Å². The standard InChI is InChI=1S/C49H31N3S/c1-4-13-32(14-5-1)39-29-43(34-15-6-2-7-16-34)46-44(30-39)42-28-27-38(31-45(42)53-46)49-51-47(36-18-8-3-9-19-36)50-48(52-49)37-25-23-35(24-26-37)41-22-12-20-33-17-10-11-21-40(33)41/h1-31H/i1D,2D,4D,5D,6D,7D,13D,14D,15D,16D. The fourth-order valence-electron chi connectivity index (χ4n) is 6.75. The van der Waals surface area contributed by atoms with Gasteiger partial charge in [0.1, 0.15) is 0 Å². The fourth-order valence-corrected chi connectivity index (χ4v) is 8.00. The maximum Gasteiger partial charge on any atom is 0.164 e. The van der Waals surface area contributed by atoms with Crippen molar-refractivity contribution in [3.63, 3.8) is 0 Å². The summed E-state index contributed by atoms with van der Waals surface area (Å²) in [5.41, 5.74) is 4.84. The summed E-state index contributed by atoms with van der Waals surface area (Å²) >= 11 is 1.34. The molecule has 4 heteroatoms. The van der Waals surface area contributed by atoms with Gasteiger partial charge in [-0.3, -0.25) is 0 Å². The quantitative estimate of drug-likeness (QED) is 0.173. The highest BCUT2D eigenvalue weighted by molar-refractivity contribution is 7.26. The molecule has 248 valence electrons. The van der Waals surface area contributed by atoms with Gasteiger partial charge in [0.2, 0.25) is 0 Å². The van der Waals surface area contributed by atoms with Gasteiger partial charge in [0.25, 0.3) is 0 Å². The van der Waals surface area contributed by atoms with Crippen molar-refractivity contribution in [2.75, 3.05) is 0 Å². The van der Waals surface area contributed by atoms with E-state index in [1.165, 1.54) is 11.3 Å². The van der Waals surface area contributed by atoms with Crippen molar-refractivity contribution in [3.05, 3.63) is 188 Å². The fraction of sp³-hybridized carbons (Fsp3) is 0. The molecule has 10 aromatic rings. The van der Waals surface area contributed by atoms with Gasteiger partial charge in [-0.25, -0.2) is 15.0 Å². The maximum absolute atomic E-state index is 8.91. The summed E-state index contributed by atoms with van der Waals surface area (Å²) in [6.07, 6.45) is 0. The first-order valence-electron chi connectivity index (χ1n) is 21.9. The van der Waals surface area contributed by atoms with Gasteiger partial charge in [0, 0.05) is 42.4 Å². The molecule has 0 N–H and O–H groups in total. The van der Waals surface area contributed by atoms with E-state index >= 15 is 0 Å². The first-order chi connectivity index (χ1) is 30.4. The van der Waals surface area contributed by atoms with Gasteiger partial charge >= 0.3 is 0 Å². The van der Waals surface area contributed by atoms with Crippen LogP contribution in [0.1, 0.15) is 13.7 Å². The molecule has 0 unspecified atom stereocenters. The Balaban J connectivity index is 1.16. The molecule has 0 fully saturated rings. The molecule has 0 saturated heterocycles. The Hall–Kier alpha value is -6.75. The number of benzene rings is 8. The average Bonchev–Trinajstić information content (AvgIpc) is 3.69. The van der Waals surface area contributed by atoms with Gasteiger partial charge in [0.15, 0.2) is 17.5 Å². The Kier molecular flexibility index (Phi) is 5.50. The summed E-state index contributed by atoms with van der Waals surface area (Å²) in [5.74, 6) is 1.38. The monoisotopic (exact) mass is 703 g/mol. The van der Waals surface area contributed by atoms with Crippen LogP contribution in [0.2, 0.25) is 0 Å². The van der Waals surface area contributed by atoms with Crippen LogP contribution in [0.15, 0.2) is 188 Å². The SMILES string of the molecule is [2H]c1c([2H])c([2H])c(-c2cc(-c3c([2H])c([2H])c([2H])c([2H])c3[2H])c3sc4cc(-c5nc(-c6ccccc6)nc(-c6ccc(-c7cccc8ccccc78)cc6)n5)ccc4c3c2)c([2H])c1[2H]. The molecule has 0 spiro atoms. The zero-order chi connectivity index (χ0) is 43.8. The molecule has 0 aliphatic heterocycles. The van der Waals surface area contributed by atoms with Gasteiger partial charge < -0.3 is 0 Å². The van der Waals surface area contributed by atoms with E-state index in [0.717, 1.165) is 43.1 Å². The van der Waals surface area contributed by atoms with Gasteiger partial charge in [-0.05, 0) is 56.8 Å². The maximum atomic E-state index is 8.91. The smallest absolute Gasteiger partial charge is 0.164 e. The van der Waals surface area contributed by atoms with Crippen molar-refractivity contribution >= 4 is 42.3 Å². The predicted molar refractivity (Wildman–Crippen MR) is 223 cm³/mol. The second-order valence-electron chi connectivity index (χ2n) is 12.5. The molecule has 8 aromatic carbocycles. The first kappa shape index (κ1) is 22.2. The van der Waals surface area contributed by atoms with E-state index in [4.69, 9.17) is 28.7 Å². The molecule has 10 rings (SSSR count). The third kappa shape index (κ3) is 5.76. The summed E-state index contributed by atoms with van der Waals surface area (Å²) in [5, 5.41) is 3.66. The third-order valence-corrected chi connectivity index (χ3v) is 10.5. The summed E-state index contributed by atoms with van der Waals surface area (Å²) < 4.78 is 86.8. The lowest BCUT2D eigenvalue weighted by molar-refractivity contribution is 1.07. The minimum atomic E-state index is -0.542. The van der Waals surface area contributed by atoms with Crippen LogP contribution in [0.5, 0.6) is 0 Å². The Morgan fingerprint density at radius 2 is 0.981 bits per heavy atom. The third-order valence-electron chi connectivity index (χ3n) is 9.30. The van der Waals surface area contributed by atoms with E-state index in [2.05, 4.69) is 42.5 Å². The predicted octanol–water partition coefficient (Wildman–Crippen LogP) is 13.4. The number of thiophene rings is 1. The van der Waals surface area contributed by atoms with Gasteiger partial charge in [-0.15, -0.1) is 11.3 Å². The van der Waals surface area contributed by atoms with Crippen molar-refractivity contribution in [2.45, 2.75) is 0 Å². The summed E-state index contributed by atoms with van der Waals surface area (Å²) in [4.78, 5) is 14.9. The number of rotatable bonds is 6. The highest BCUT2D eigenvalue weighted by Crippen LogP contribution is 2.44. The highest BCUT2D eigenvalue weighted by Gasteiger charge is 2.17. The Labute approximate surface area is 325 Å². The Bertz CT molecular complexity index is 3460. The van der Waals surface area contributed by atoms with Crippen molar-refractivity contribution in [1.29, 1.82) is 0 Å². The van der Waals surface area contributed by atoms with Crippen molar-refractivity contribution < 1.29 is 13.7 Å². The van der Waals surface area contributed by atoms with Crippen molar-refractivity contribution in [2.24, 2.45) is 0 Å². The molecule has 3 nitrogen and oxygen atoms in total. The minimum absolute atomic E-state index is 0.0620. The van der Waals surface area contributed by atoms with Crippen LogP contribution in [-0.2, 0) is 0 Å². The molecule has 0 aliphatic rings. The molecular weight excluding hydrogens is 663 g/mol. The molecular formula is C49H31N3S. The zero-order valence-electron chi connectivity index (χ0n) is 37.9. The summed E-state index contributed by atoms with van der Waals surface area (Å²) in [6.45, 7) is 0. The Morgan fingerprint density at radius 3 is 1.74 bits per heavy atom. The summed E-state index contributed by atoms with van der Waals surface area (Å²) in [7, 11) is 0. The number of hydrogen-bond acceptors (Lipinski definition) is 4. The van der Waals surface area contributed by atoms with Gasteiger partial charge in [-0.2, -0.15) is 0 Å². The number of hydrogen-bond donors (Lipinski definition) is 0. The van der Waals surface area contributed by atoms with E-state index in [1.54, 1.807) is 12.1 Å². The topological polar surface area (TPSA) is 38.7 Å². The first-order valence-corrected chi connectivity index (χ1v) is 17.8. The van der Waals surface area contributed by atoms with Crippen LogP contribution in [0.4, 0.5) is 0 Å². The molecule has 53 heavy (non-hydrogen) atoms. The average molecular weight is 704 g/mol. The van der Waals surface area contributed by atoms with E-state index in [0.29, 0.717) is 33.1 Å². The van der Waals surface area contributed by atoms with Crippen molar-refractivity contribution in [1.82, 2.24) is 15.0 Å². The lowest BCUT2D eigenvalue weighted by Gasteiger charge is -2.10. The largest absolute Gasteiger partial charge is 0.208 e. The summed E-state index contributed by atoms with van der Waals surface area (Å²) in [6, 6.07) is 36.5. The van der Waals surface area contributed by atoms with E-state index < -0.39 is 60.4 Å². The second-order valence-corrected chi connectivity index (χ2v) is 13.5. The molecule has 0 aliphatic carbocycles. The van der Waals surface area contributed by atoms with Crippen LogP contribution >= 0.6 is 11.3 Å². The highest BCUT2D eigenvalue weighted by atomic mass is 32.1. The van der Waals surface area contributed by atoms with Crippen LogP contribution in [0.25, 0.3) is 98.5 Å². The molecule has 0 radical (unpaired) electrons. The van der Waals surface area contributed by atoms with Crippen molar-refractivity contribution in [3.8, 4) is 67.5 Å². The minimum Gasteiger partial charge on any atom is -0.208 e. The number of aromatic nitrogens is 3. The van der Waals surface area contributed by atoms with E-state index in [9.17, 15) is 0 Å². The van der Waals surface area contributed by atoms with Crippen LogP contribution < -0.4 is 0 Å². The van der Waals surface area contributed by atoms with Crippen LogP contribution in [-0.4, -0.2) is 15.0 Å². The number of fused-ring (bicyclic) bond motifs is 4. The second kappa shape index (κ2) is 13.1. The molecule has 0 bridgehead atoms. The zero-order valence-corrected chi connectivity index (χ0v) is 28.7. The lowest BCUT2D eigenvalue weighted by Crippen LogP contribution is -2.00. The number of nitrogens with zero attached hydrogens (tertiary/aromatic N) is 3. The van der Waals surface area contributed by atoms with Gasteiger partial charge in [-0.1, -0.05) is 170 Å². The van der Waals surface area contributed by atoms with Crippen LogP contribution in [0.3, 0.4) is 0 Å². The molecule has 2 aromatic heterocycles. The van der Waals surface area contributed by atoms with E-state index in [1.807, 2.05) is 72.8 Å². The molecule has 2 heterocycles. The van der Waals surface area contributed by atoms with Gasteiger partial charge in [0.05, 0.1) is 13.7 Å². The molecule has 0 atom stereocenters.